The Balaban J connectivity index is 2.39. The van der Waals surface area contributed by atoms with E-state index in [9.17, 15) is 13.2 Å². The van der Waals surface area contributed by atoms with Crippen LogP contribution >= 0.6 is 0 Å². The van der Waals surface area contributed by atoms with Crippen LogP contribution < -0.4 is 11.3 Å². The van der Waals surface area contributed by atoms with Crippen molar-refractivity contribution >= 4 is 0 Å². The number of hydrogen-bond donors (Lipinski definition) is 2. The lowest BCUT2D eigenvalue weighted by atomic mass is 9.97. The Hall–Kier alpha value is -1.79. The van der Waals surface area contributed by atoms with Gasteiger partial charge in [-0.25, -0.2) is 5.43 Å². The quantitative estimate of drug-likeness (QED) is 0.668. The van der Waals surface area contributed by atoms with E-state index in [1.165, 1.54) is 6.07 Å². The van der Waals surface area contributed by atoms with Crippen molar-refractivity contribution in [2.45, 2.75) is 32.5 Å². The molecule has 1 heterocycles. The van der Waals surface area contributed by atoms with Crippen molar-refractivity contribution in [2.24, 2.45) is 5.84 Å². The summed E-state index contributed by atoms with van der Waals surface area (Å²) in [4.78, 5) is 0. The van der Waals surface area contributed by atoms with Gasteiger partial charge in [0.2, 0.25) is 0 Å². The Labute approximate surface area is 120 Å². The molecule has 0 fully saturated rings. The maximum atomic E-state index is 12.7. The van der Waals surface area contributed by atoms with Gasteiger partial charge < -0.3 is 4.42 Å². The van der Waals surface area contributed by atoms with Crippen LogP contribution in [0.2, 0.25) is 0 Å². The lowest BCUT2D eigenvalue weighted by Gasteiger charge is -2.18. The molecule has 0 saturated carbocycles. The number of rotatable bonds is 4. The molecule has 114 valence electrons. The largest absolute Gasteiger partial charge is 0.464 e. The van der Waals surface area contributed by atoms with E-state index >= 15 is 0 Å². The van der Waals surface area contributed by atoms with Crippen LogP contribution in [0.3, 0.4) is 0 Å². The molecule has 2 aromatic rings. The number of hydrogen-bond acceptors (Lipinski definition) is 3. The molecule has 0 spiro atoms. The van der Waals surface area contributed by atoms with Crippen molar-refractivity contribution in [3.05, 3.63) is 58.5 Å². The van der Waals surface area contributed by atoms with Crippen molar-refractivity contribution in [1.82, 2.24) is 5.43 Å². The Morgan fingerprint density at radius 2 is 1.95 bits per heavy atom. The van der Waals surface area contributed by atoms with Crippen LogP contribution in [-0.2, 0) is 12.6 Å². The fourth-order valence-corrected chi connectivity index (χ4v) is 2.24. The average Bonchev–Trinajstić information content (AvgIpc) is 2.89. The van der Waals surface area contributed by atoms with Gasteiger partial charge in [0.25, 0.3) is 0 Å². The van der Waals surface area contributed by atoms with Gasteiger partial charge in [-0.3, -0.25) is 5.84 Å². The highest BCUT2D eigenvalue weighted by molar-refractivity contribution is 5.38. The number of furan rings is 1. The second-order valence-electron chi connectivity index (χ2n) is 4.83. The van der Waals surface area contributed by atoms with Gasteiger partial charge in [0.05, 0.1) is 5.56 Å². The average molecular weight is 298 g/mol. The van der Waals surface area contributed by atoms with E-state index in [0.717, 1.165) is 24.3 Å². The van der Waals surface area contributed by atoms with Gasteiger partial charge in [0.1, 0.15) is 17.6 Å². The first-order valence-electron chi connectivity index (χ1n) is 6.59. The highest BCUT2D eigenvalue weighted by Crippen LogP contribution is 2.33. The molecule has 1 aromatic carbocycles. The molecule has 3 N–H and O–H groups in total. The number of halogens is 3. The normalized spacial score (nSPS) is 13.4. The Kier molecular flexibility index (Phi) is 4.39. The predicted molar refractivity (Wildman–Crippen MR) is 73.4 cm³/mol. The second kappa shape index (κ2) is 5.91. The zero-order valence-electron chi connectivity index (χ0n) is 11.8. The zero-order chi connectivity index (χ0) is 15.6. The van der Waals surface area contributed by atoms with Crippen LogP contribution in [0.25, 0.3) is 0 Å². The number of benzene rings is 1. The third-order valence-electron chi connectivity index (χ3n) is 3.39. The van der Waals surface area contributed by atoms with E-state index in [2.05, 4.69) is 5.43 Å². The van der Waals surface area contributed by atoms with Crippen LogP contribution in [-0.4, -0.2) is 0 Å². The van der Waals surface area contributed by atoms with Gasteiger partial charge in [0, 0.05) is 6.42 Å². The monoisotopic (exact) mass is 298 g/mol. The second-order valence-corrected chi connectivity index (χ2v) is 4.83. The summed E-state index contributed by atoms with van der Waals surface area (Å²) in [6, 6.07) is 6.73. The Bertz CT molecular complexity index is 620. The predicted octanol–water partition coefficient (Wildman–Crippen LogP) is 3.72. The number of nitrogens with two attached hydrogens (primary N) is 1. The third kappa shape index (κ3) is 3.28. The molecular weight excluding hydrogens is 281 g/mol. The van der Waals surface area contributed by atoms with Crippen LogP contribution in [0.4, 0.5) is 13.2 Å². The summed E-state index contributed by atoms with van der Waals surface area (Å²) in [5, 5.41) is 0. The fourth-order valence-electron chi connectivity index (χ4n) is 2.24. The summed E-state index contributed by atoms with van der Waals surface area (Å²) < 4.78 is 43.7. The van der Waals surface area contributed by atoms with E-state index < -0.39 is 17.8 Å². The first kappa shape index (κ1) is 15.6. The van der Waals surface area contributed by atoms with E-state index in [4.69, 9.17) is 10.3 Å². The minimum atomic E-state index is -4.35. The lowest BCUT2D eigenvalue weighted by molar-refractivity contribution is -0.137. The molecule has 1 unspecified atom stereocenters. The molecule has 2 rings (SSSR count). The highest BCUT2D eigenvalue weighted by atomic mass is 19.4. The summed E-state index contributed by atoms with van der Waals surface area (Å²) in [5.41, 5.74) is 3.08. The molecule has 0 amide bonds. The minimum absolute atomic E-state index is 0.479. The van der Waals surface area contributed by atoms with Gasteiger partial charge in [-0.05, 0) is 42.3 Å². The topological polar surface area (TPSA) is 51.2 Å². The van der Waals surface area contributed by atoms with Crippen molar-refractivity contribution in [3.8, 4) is 0 Å². The summed E-state index contributed by atoms with van der Waals surface area (Å²) in [7, 11) is 0. The first-order valence-corrected chi connectivity index (χ1v) is 6.59. The zero-order valence-corrected chi connectivity index (χ0v) is 11.8. The summed E-state index contributed by atoms with van der Waals surface area (Å²) in [5.74, 6) is 6.93. The summed E-state index contributed by atoms with van der Waals surface area (Å²) in [6.07, 6.45) is -3.61. The standard InChI is InChI=1S/C15H17F3N2O/c1-3-11-5-7-13(21-11)14(20-19)12-6-4-10(8-9(12)2)15(16,17)18/h4-8,14,20H,3,19H2,1-2H3. The molecule has 0 bridgehead atoms. The molecule has 0 saturated heterocycles. The number of alkyl halides is 3. The van der Waals surface area contributed by atoms with Crippen molar-refractivity contribution < 1.29 is 17.6 Å². The molecular formula is C15H17F3N2O. The molecule has 1 atom stereocenters. The molecule has 21 heavy (non-hydrogen) atoms. The number of hydrazine groups is 1. The fraction of sp³-hybridized carbons (Fsp3) is 0.333. The highest BCUT2D eigenvalue weighted by Gasteiger charge is 2.31. The van der Waals surface area contributed by atoms with Crippen LogP contribution in [0.15, 0.2) is 34.7 Å². The van der Waals surface area contributed by atoms with Gasteiger partial charge >= 0.3 is 6.18 Å². The van der Waals surface area contributed by atoms with Crippen LogP contribution in [0, 0.1) is 6.92 Å². The van der Waals surface area contributed by atoms with Crippen molar-refractivity contribution in [3.63, 3.8) is 0 Å². The smallest absolute Gasteiger partial charge is 0.416 e. The third-order valence-corrected chi connectivity index (χ3v) is 3.39. The maximum Gasteiger partial charge on any atom is 0.416 e. The lowest BCUT2D eigenvalue weighted by Crippen LogP contribution is -2.29. The number of nitrogens with one attached hydrogen (secondary N) is 1. The minimum Gasteiger partial charge on any atom is -0.464 e. The van der Waals surface area contributed by atoms with Crippen molar-refractivity contribution in [2.75, 3.05) is 0 Å². The first-order chi connectivity index (χ1) is 9.86. The molecule has 3 nitrogen and oxygen atoms in total. The molecule has 0 radical (unpaired) electrons. The molecule has 0 aliphatic heterocycles. The Morgan fingerprint density at radius 1 is 1.24 bits per heavy atom. The van der Waals surface area contributed by atoms with Gasteiger partial charge in [-0.15, -0.1) is 0 Å². The van der Waals surface area contributed by atoms with Crippen LogP contribution in [0.5, 0.6) is 0 Å². The van der Waals surface area contributed by atoms with E-state index in [-0.39, 0.29) is 0 Å². The van der Waals surface area contributed by atoms with E-state index in [1.54, 1.807) is 13.0 Å². The molecule has 1 aromatic heterocycles. The maximum absolute atomic E-state index is 12.7. The van der Waals surface area contributed by atoms with E-state index in [1.807, 2.05) is 13.0 Å². The SMILES string of the molecule is CCc1ccc(C(NN)c2ccc(C(F)(F)F)cc2C)o1. The van der Waals surface area contributed by atoms with E-state index in [0.29, 0.717) is 16.9 Å². The number of aryl methyl sites for hydroxylation is 2. The molecule has 0 aliphatic carbocycles. The Morgan fingerprint density at radius 3 is 2.43 bits per heavy atom. The van der Waals surface area contributed by atoms with Gasteiger partial charge in [-0.2, -0.15) is 13.2 Å². The van der Waals surface area contributed by atoms with Crippen molar-refractivity contribution in [1.29, 1.82) is 0 Å². The van der Waals surface area contributed by atoms with Gasteiger partial charge in [-0.1, -0.05) is 13.0 Å². The van der Waals surface area contributed by atoms with Gasteiger partial charge in [0.15, 0.2) is 0 Å². The summed E-state index contributed by atoms with van der Waals surface area (Å²) in [6.45, 7) is 3.58. The molecule has 0 aliphatic rings. The van der Waals surface area contributed by atoms with Crippen LogP contribution in [0.1, 0.15) is 41.2 Å². The summed E-state index contributed by atoms with van der Waals surface area (Å²) >= 11 is 0. The molecule has 6 heteroatoms.